The van der Waals surface area contributed by atoms with E-state index in [0.717, 1.165) is 11.0 Å². The summed E-state index contributed by atoms with van der Waals surface area (Å²) in [5.74, 6) is 0.391. The molecule has 1 saturated carbocycles. The van der Waals surface area contributed by atoms with Crippen LogP contribution in [0.3, 0.4) is 0 Å². The highest BCUT2D eigenvalue weighted by atomic mass is 79.9. The second-order valence-electron chi connectivity index (χ2n) is 4.67. The third-order valence-electron chi connectivity index (χ3n) is 2.75. The van der Waals surface area contributed by atoms with Crippen LogP contribution >= 0.6 is 15.9 Å². The van der Waals surface area contributed by atoms with E-state index in [1.165, 1.54) is 18.9 Å². The minimum atomic E-state index is -0.310. The Balaban J connectivity index is 1.77. The van der Waals surface area contributed by atoms with Gasteiger partial charge < -0.3 is 10.1 Å². The van der Waals surface area contributed by atoms with Gasteiger partial charge in [-0.2, -0.15) is 0 Å². The van der Waals surface area contributed by atoms with Crippen LogP contribution in [-0.2, 0) is 0 Å². The molecule has 0 aromatic heterocycles. The first-order valence-corrected chi connectivity index (χ1v) is 6.75. The Bertz CT molecular complexity index is 382. The van der Waals surface area contributed by atoms with E-state index in [1.54, 1.807) is 12.1 Å². The molecule has 2 nitrogen and oxygen atoms in total. The van der Waals surface area contributed by atoms with Crippen molar-refractivity contribution in [1.29, 1.82) is 0 Å². The van der Waals surface area contributed by atoms with Gasteiger partial charge in [0.05, 0.1) is 6.61 Å². The summed E-state index contributed by atoms with van der Waals surface area (Å²) < 4.78 is 19.7. The van der Waals surface area contributed by atoms with E-state index < -0.39 is 0 Å². The van der Waals surface area contributed by atoms with Gasteiger partial charge in [0.25, 0.3) is 0 Å². The first kappa shape index (κ1) is 12.8. The van der Waals surface area contributed by atoms with Crippen molar-refractivity contribution < 1.29 is 9.13 Å². The molecule has 0 spiro atoms. The Morgan fingerprint density at radius 1 is 1.53 bits per heavy atom. The highest BCUT2D eigenvalue weighted by molar-refractivity contribution is 9.10. The van der Waals surface area contributed by atoms with Crippen molar-refractivity contribution in [2.75, 3.05) is 13.2 Å². The molecule has 1 N–H and O–H groups in total. The fourth-order valence-corrected chi connectivity index (χ4v) is 1.87. The van der Waals surface area contributed by atoms with Crippen molar-refractivity contribution in [2.24, 2.45) is 5.92 Å². The maximum Gasteiger partial charge on any atom is 0.165 e. The lowest BCUT2D eigenvalue weighted by atomic mass is 10.2. The van der Waals surface area contributed by atoms with E-state index >= 15 is 0 Å². The largest absolute Gasteiger partial charge is 0.490 e. The summed E-state index contributed by atoms with van der Waals surface area (Å²) in [5, 5.41) is 3.44. The lowest BCUT2D eigenvalue weighted by molar-refractivity contribution is 0.245. The van der Waals surface area contributed by atoms with Gasteiger partial charge >= 0.3 is 0 Å². The van der Waals surface area contributed by atoms with Gasteiger partial charge in [0.15, 0.2) is 11.6 Å². The Morgan fingerprint density at radius 2 is 2.29 bits per heavy atom. The minimum Gasteiger partial charge on any atom is -0.490 e. The van der Waals surface area contributed by atoms with Gasteiger partial charge in [0.1, 0.15) is 0 Å². The van der Waals surface area contributed by atoms with E-state index in [2.05, 4.69) is 28.2 Å². The summed E-state index contributed by atoms with van der Waals surface area (Å²) in [4.78, 5) is 0. The molecule has 2 rings (SSSR count). The predicted molar refractivity (Wildman–Crippen MR) is 69.8 cm³/mol. The number of nitrogens with one attached hydrogen (secondary N) is 1. The summed E-state index contributed by atoms with van der Waals surface area (Å²) in [7, 11) is 0. The quantitative estimate of drug-likeness (QED) is 0.870. The van der Waals surface area contributed by atoms with Crippen LogP contribution in [0.4, 0.5) is 4.39 Å². The summed E-state index contributed by atoms with van der Waals surface area (Å²) in [6.07, 6.45) is 2.57. The van der Waals surface area contributed by atoms with E-state index in [4.69, 9.17) is 4.74 Å². The molecule has 17 heavy (non-hydrogen) atoms. The fourth-order valence-electron chi connectivity index (χ4n) is 1.53. The van der Waals surface area contributed by atoms with E-state index in [0.29, 0.717) is 24.3 Å². The van der Waals surface area contributed by atoms with Gasteiger partial charge in [-0.1, -0.05) is 22.9 Å². The molecule has 4 heteroatoms. The van der Waals surface area contributed by atoms with Gasteiger partial charge in [0.2, 0.25) is 0 Å². The average molecular weight is 302 g/mol. The Labute approximate surface area is 110 Å². The monoisotopic (exact) mass is 301 g/mol. The SMILES string of the molecule is CC(CNC1CC1)COc1cc(Br)ccc1F. The summed E-state index contributed by atoms with van der Waals surface area (Å²) >= 11 is 3.30. The number of rotatable bonds is 6. The summed E-state index contributed by atoms with van der Waals surface area (Å²) in [5.41, 5.74) is 0. The van der Waals surface area contributed by atoms with Crippen LogP contribution in [0.25, 0.3) is 0 Å². The van der Waals surface area contributed by atoms with Crippen LogP contribution in [0.5, 0.6) is 5.75 Å². The molecule has 0 saturated heterocycles. The average Bonchev–Trinajstić information content (AvgIpc) is 3.11. The zero-order valence-corrected chi connectivity index (χ0v) is 11.5. The molecule has 94 valence electrons. The van der Waals surface area contributed by atoms with Crippen molar-refractivity contribution in [2.45, 2.75) is 25.8 Å². The fraction of sp³-hybridized carbons (Fsp3) is 0.538. The Kier molecular flexibility index (Phi) is 4.40. The second-order valence-corrected chi connectivity index (χ2v) is 5.59. The van der Waals surface area contributed by atoms with Crippen LogP contribution in [0.1, 0.15) is 19.8 Å². The topological polar surface area (TPSA) is 21.3 Å². The Hall–Kier alpha value is -0.610. The maximum absolute atomic E-state index is 13.4. The molecule has 0 aliphatic heterocycles. The molecule has 1 aliphatic rings. The smallest absolute Gasteiger partial charge is 0.165 e. The lowest BCUT2D eigenvalue weighted by Gasteiger charge is -2.14. The maximum atomic E-state index is 13.4. The second kappa shape index (κ2) is 5.83. The van der Waals surface area contributed by atoms with Crippen LogP contribution in [0, 0.1) is 11.7 Å². The van der Waals surface area contributed by atoms with Gasteiger partial charge in [-0.3, -0.25) is 0 Å². The molecule has 1 unspecified atom stereocenters. The third kappa shape index (κ3) is 4.28. The van der Waals surface area contributed by atoms with Gasteiger partial charge in [0, 0.05) is 23.0 Å². The molecule has 0 heterocycles. The van der Waals surface area contributed by atoms with Gasteiger partial charge in [-0.25, -0.2) is 4.39 Å². The van der Waals surface area contributed by atoms with Crippen molar-refractivity contribution in [3.63, 3.8) is 0 Å². The van der Waals surface area contributed by atoms with Gasteiger partial charge in [-0.05, 0) is 31.0 Å². The van der Waals surface area contributed by atoms with E-state index in [-0.39, 0.29) is 5.82 Å². The normalized spacial score (nSPS) is 16.9. The third-order valence-corrected chi connectivity index (χ3v) is 3.24. The van der Waals surface area contributed by atoms with E-state index in [1.807, 2.05) is 0 Å². The zero-order valence-electron chi connectivity index (χ0n) is 9.88. The molecule has 1 aliphatic carbocycles. The van der Waals surface area contributed by atoms with Crippen LogP contribution < -0.4 is 10.1 Å². The highest BCUT2D eigenvalue weighted by Gasteiger charge is 2.21. The standard InChI is InChI=1S/C13H17BrFNO/c1-9(7-16-11-3-4-11)8-17-13-6-10(14)2-5-12(13)15/h2,5-6,9,11,16H,3-4,7-8H2,1H3. The molecular formula is C13H17BrFNO. The number of halogens is 2. The number of benzene rings is 1. The van der Waals surface area contributed by atoms with Crippen molar-refractivity contribution in [3.8, 4) is 5.75 Å². The van der Waals surface area contributed by atoms with Crippen LogP contribution in [0.15, 0.2) is 22.7 Å². The summed E-state index contributed by atoms with van der Waals surface area (Å²) in [6.45, 7) is 3.57. The van der Waals surface area contributed by atoms with Crippen molar-refractivity contribution >= 4 is 15.9 Å². The first-order valence-electron chi connectivity index (χ1n) is 5.96. The van der Waals surface area contributed by atoms with E-state index in [9.17, 15) is 4.39 Å². The number of hydrogen-bond donors (Lipinski definition) is 1. The molecule has 1 aromatic rings. The molecule has 0 amide bonds. The van der Waals surface area contributed by atoms with Crippen molar-refractivity contribution in [1.82, 2.24) is 5.32 Å². The van der Waals surface area contributed by atoms with Crippen LogP contribution in [0.2, 0.25) is 0 Å². The Morgan fingerprint density at radius 3 is 3.00 bits per heavy atom. The zero-order chi connectivity index (χ0) is 12.3. The summed E-state index contributed by atoms with van der Waals surface area (Å²) in [6, 6.07) is 5.45. The van der Waals surface area contributed by atoms with Crippen LogP contribution in [-0.4, -0.2) is 19.2 Å². The molecule has 0 bridgehead atoms. The lowest BCUT2D eigenvalue weighted by Crippen LogP contribution is -2.26. The first-order chi connectivity index (χ1) is 8.15. The number of ether oxygens (including phenoxy) is 1. The predicted octanol–water partition coefficient (Wildman–Crippen LogP) is 3.36. The van der Waals surface area contributed by atoms with Gasteiger partial charge in [-0.15, -0.1) is 0 Å². The highest BCUT2D eigenvalue weighted by Crippen LogP contribution is 2.23. The molecule has 1 aromatic carbocycles. The minimum absolute atomic E-state index is 0.310. The molecular weight excluding hydrogens is 285 g/mol. The molecule has 1 atom stereocenters. The van der Waals surface area contributed by atoms with Crippen molar-refractivity contribution in [3.05, 3.63) is 28.5 Å². The molecule has 0 radical (unpaired) electrons. The number of hydrogen-bond acceptors (Lipinski definition) is 2. The molecule has 1 fully saturated rings.